The molecule has 0 heterocycles. The Morgan fingerprint density at radius 3 is 2.42 bits per heavy atom. The van der Waals surface area contributed by atoms with E-state index in [4.69, 9.17) is 9.47 Å². The van der Waals surface area contributed by atoms with Crippen molar-refractivity contribution < 1.29 is 14.3 Å². The molecule has 5 nitrogen and oxygen atoms in total. The molecular formula is C18H31ClN2O3. The van der Waals surface area contributed by atoms with E-state index in [1.807, 2.05) is 52.0 Å². The fraction of sp³-hybridized carbons (Fsp3) is 0.611. The number of nitrogens with one attached hydrogen (secondary N) is 2. The lowest BCUT2D eigenvalue weighted by Crippen LogP contribution is -2.43. The third kappa shape index (κ3) is 11.3. The van der Waals surface area contributed by atoms with Crippen LogP contribution in [0.3, 0.4) is 0 Å². The average molecular weight is 359 g/mol. The smallest absolute Gasteiger partial charge is 0.258 e. The number of carbonyl (C=O) groups excluding carboxylic acids is 1. The van der Waals surface area contributed by atoms with E-state index in [1.165, 1.54) is 5.56 Å². The molecule has 0 fully saturated rings. The number of hydrogen-bond acceptors (Lipinski definition) is 4. The van der Waals surface area contributed by atoms with Gasteiger partial charge in [0.15, 0.2) is 6.61 Å². The van der Waals surface area contributed by atoms with Crippen LogP contribution in [0.2, 0.25) is 0 Å². The number of benzene rings is 1. The number of carbonyl (C=O) groups is 1. The van der Waals surface area contributed by atoms with Crippen LogP contribution in [0.1, 0.15) is 39.7 Å². The molecule has 6 heteroatoms. The topological polar surface area (TPSA) is 59.6 Å². The predicted molar refractivity (Wildman–Crippen MR) is 99.9 cm³/mol. The van der Waals surface area contributed by atoms with Gasteiger partial charge in [-0.1, -0.05) is 12.1 Å². The summed E-state index contributed by atoms with van der Waals surface area (Å²) in [4.78, 5) is 11.7. The van der Waals surface area contributed by atoms with Gasteiger partial charge in [-0.05, 0) is 58.4 Å². The number of ether oxygens (including phenoxy) is 2. The lowest BCUT2D eigenvalue weighted by atomic mass is 10.1. The van der Waals surface area contributed by atoms with Crippen LogP contribution in [0.25, 0.3) is 0 Å². The SMILES string of the molecule is CCOCCCNCc1ccc(OCC(=O)NC(C)(C)C)cc1.Cl. The summed E-state index contributed by atoms with van der Waals surface area (Å²) in [5.41, 5.74) is 0.950. The van der Waals surface area contributed by atoms with Crippen molar-refractivity contribution in [3.8, 4) is 5.75 Å². The van der Waals surface area contributed by atoms with Gasteiger partial charge in [0.1, 0.15) is 5.75 Å². The Kier molecular flexibility index (Phi) is 11.5. The Balaban J connectivity index is 0.00000529. The number of amides is 1. The molecule has 0 spiro atoms. The summed E-state index contributed by atoms with van der Waals surface area (Å²) in [5.74, 6) is 0.590. The normalized spacial score (nSPS) is 10.8. The molecule has 0 aliphatic rings. The van der Waals surface area contributed by atoms with Crippen molar-refractivity contribution >= 4 is 18.3 Å². The first-order valence-electron chi connectivity index (χ1n) is 8.22. The zero-order valence-electron chi connectivity index (χ0n) is 15.2. The number of rotatable bonds is 10. The molecule has 0 aliphatic carbocycles. The van der Waals surface area contributed by atoms with Crippen LogP contribution in [-0.2, 0) is 16.1 Å². The molecule has 0 bridgehead atoms. The fourth-order valence-electron chi connectivity index (χ4n) is 1.98. The van der Waals surface area contributed by atoms with E-state index in [2.05, 4.69) is 10.6 Å². The molecule has 0 radical (unpaired) electrons. The maximum Gasteiger partial charge on any atom is 0.258 e. The third-order valence-electron chi connectivity index (χ3n) is 2.98. The van der Waals surface area contributed by atoms with Crippen LogP contribution in [0.5, 0.6) is 5.75 Å². The minimum atomic E-state index is -0.238. The second kappa shape index (κ2) is 12.1. The molecule has 2 N–H and O–H groups in total. The van der Waals surface area contributed by atoms with Crippen molar-refractivity contribution in [1.82, 2.24) is 10.6 Å². The Hall–Kier alpha value is -1.30. The zero-order chi connectivity index (χ0) is 17.1. The Morgan fingerprint density at radius 2 is 1.83 bits per heavy atom. The second-order valence-corrected chi connectivity index (χ2v) is 6.46. The van der Waals surface area contributed by atoms with Crippen molar-refractivity contribution in [3.63, 3.8) is 0 Å². The lowest BCUT2D eigenvalue weighted by molar-refractivity contribution is -0.124. The summed E-state index contributed by atoms with van der Waals surface area (Å²) in [6.45, 7) is 11.2. The zero-order valence-corrected chi connectivity index (χ0v) is 16.0. The molecule has 0 saturated heterocycles. The minimum absolute atomic E-state index is 0. The highest BCUT2D eigenvalue weighted by Gasteiger charge is 2.13. The highest BCUT2D eigenvalue weighted by Crippen LogP contribution is 2.12. The molecule has 0 aliphatic heterocycles. The van der Waals surface area contributed by atoms with Gasteiger partial charge in [-0.15, -0.1) is 12.4 Å². The Morgan fingerprint density at radius 1 is 1.17 bits per heavy atom. The van der Waals surface area contributed by atoms with Crippen molar-refractivity contribution in [1.29, 1.82) is 0 Å². The highest BCUT2D eigenvalue weighted by atomic mass is 35.5. The Bertz CT molecular complexity index is 458. The van der Waals surface area contributed by atoms with Gasteiger partial charge in [-0.25, -0.2) is 0 Å². The maximum atomic E-state index is 11.7. The van der Waals surface area contributed by atoms with Crippen LogP contribution in [-0.4, -0.2) is 37.8 Å². The summed E-state index contributed by atoms with van der Waals surface area (Å²) in [6.07, 6.45) is 1.01. The van der Waals surface area contributed by atoms with Gasteiger partial charge >= 0.3 is 0 Å². The molecule has 1 amide bonds. The van der Waals surface area contributed by atoms with Crippen LogP contribution < -0.4 is 15.4 Å². The largest absolute Gasteiger partial charge is 0.484 e. The molecule has 1 aromatic carbocycles. The van der Waals surface area contributed by atoms with E-state index in [0.717, 1.165) is 32.7 Å². The quantitative estimate of drug-likeness (QED) is 0.631. The van der Waals surface area contributed by atoms with Gasteiger partial charge in [-0.3, -0.25) is 4.79 Å². The van der Waals surface area contributed by atoms with Crippen LogP contribution in [0, 0.1) is 0 Å². The number of hydrogen-bond donors (Lipinski definition) is 2. The molecule has 0 atom stereocenters. The van der Waals surface area contributed by atoms with E-state index < -0.39 is 0 Å². The first-order chi connectivity index (χ1) is 10.9. The summed E-state index contributed by atoms with van der Waals surface area (Å²) in [6, 6.07) is 7.79. The van der Waals surface area contributed by atoms with Crippen molar-refractivity contribution in [2.24, 2.45) is 0 Å². The van der Waals surface area contributed by atoms with Crippen LogP contribution in [0.4, 0.5) is 0 Å². The first-order valence-corrected chi connectivity index (χ1v) is 8.22. The molecule has 24 heavy (non-hydrogen) atoms. The van der Waals surface area contributed by atoms with Gasteiger partial charge in [0.2, 0.25) is 0 Å². The van der Waals surface area contributed by atoms with Gasteiger partial charge in [-0.2, -0.15) is 0 Å². The Labute approximate surface area is 151 Å². The standard InChI is InChI=1S/C18H30N2O3.ClH/c1-5-22-12-6-11-19-13-15-7-9-16(10-8-15)23-14-17(21)20-18(2,3)4;/h7-10,19H,5-6,11-14H2,1-4H3,(H,20,21);1H. The van der Waals surface area contributed by atoms with E-state index in [1.54, 1.807) is 0 Å². The summed E-state index contributed by atoms with van der Waals surface area (Å²) >= 11 is 0. The van der Waals surface area contributed by atoms with Crippen molar-refractivity contribution in [2.75, 3.05) is 26.4 Å². The minimum Gasteiger partial charge on any atom is -0.484 e. The third-order valence-corrected chi connectivity index (χ3v) is 2.98. The van der Waals surface area contributed by atoms with E-state index in [-0.39, 0.29) is 30.5 Å². The molecule has 0 aromatic heterocycles. The van der Waals surface area contributed by atoms with E-state index >= 15 is 0 Å². The number of halogens is 1. The van der Waals surface area contributed by atoms with Gasteiger partial charge in [0.25, 0.3) is 5.91 Å². The van der Waals surface area contributed by atoms with Gasteiger partial charge in [0, 0.05) is 25.3 Å². The summed E-state index contributed by atoms with van der Waals surface area (Å²) in [5, 5.41) is 6.24. The average Bonchev–Trinajstić information content (AvgIpc) is 2.48. The van der Waals surface area contributed by atoms with Gasteiger partial charge in [0.05, 0.1) is 0 Å². The van der Waals surface area contributed by atoms with Crippen LogP contribution >= 0.6 is 12.4 Å². The van der Waals surface area contributed by atoms with Crippen molar-refractivity contribution in [2.45, 2.75) is 46.2 Å². The monoisotopic (exact) mass is 358 g/mol. The molecule has 1 rings (SSSR count). The molecule has 1 aromatic rings. The second-order valence-electron chi connectivity index (χ2n) is 6.46. The fourth-order valence-corrected chi connectivity index (χ4v) is 1.98. The highest BCUT2D eigenvalue weighted by molar-refractivity contribution is 5.85. The van der Waals surface area contributed by atoms with Crippen molar-refractivity contribution in [3.05, 3.63) is 29.8 Å². The maximum absolute atomic E-state index is 11.7. The van der Waals surface area contributed by atoms with Crippen LogP contribution in [0.15, 0.2) is 24.3 Å². The van der Waals surface area contributed by atoms with Gasteiger partial charge < -0.3 is 20.1 Å². The van der Waals surface area contributed by atoms with E-state index in [9.17, 15) is 4.79 Å². The molecular weight excluding hydrogens is 328 g/mol. The first kappa shape index (κ1) is 22.7. The molecule has 0 unspecified atom stereocenters. The molecule has 138 valence electrons. The molecule has 0 saturated carbocycles. The predicted octanol–water partition coefficient (Wildman–Crippen LogP) is 2.92. The lowest BCUT2D eigenvalue weighted by Gasteiger charge is -2.20. The summed E-state index contributed by atoms with van der Waals surface area (Å²) < 4.78 is 10.8. The van der Waals surface area contributed by atoms with E-state index in [0.29, 0.717) is 5.75 Å². The summed E-state index contributed by atoms with van der Waals surface area (Å²) in [7, 11) is 0.